The Hall–Kier alpha value is -5.92. The summed E-state index contributed by atoms with van der Waals surface area (Å²) in [5, 5.41) is 12.8. The predicted octanol–water partition coefficient (Wildman–Crippen LogP) is 9.98. The molecule has 4 heteroatoms. The molecule has 2 aliphatic carbocycles. The van der Waals surface area contributed by atoms with Crippen molar-refractivity contribution in [2.24, 2.45) is 17.8 Å². The monoisotopic (exact) mass is 689 g/mol. The first kappa shape index (κ1) is 33.0. The minimum Gasteiger partial charge on any atom is -0.192 e. The van der Waals surface area contributed by atoms with E-state index < -0.39 is 0 Å². The van der Waals surface area contributed by atoms with Crippen LogP contribution in [0.4, 0.5) is 0 Å². The highest BCUT2D eigenvalue weighted by Gasteiger charge is 2.45. The summed E-state index contributed by atoms with van der Waals surface area (Å²) in [5.74, 6) is 2.17. The third-order valence-electron chi connectivity index (χ3n) is 11.8. The molecule has 0 aliphatic heterocycles. The van der Waals surface area contributed by atoms with E-state index in [9.17, 15) is 5.26 Å². The summed E-state index contributed by atoms with van der Waals surface area (Å²) < 4.78 is 6.62. The van der Waals surface area contributed by atoms with Crippen molar-refractivity contribution < 1.29 is 13.7 Å². The molecule has 0 saturated heterocycles. The highest BCUT2D eigenvalue weighted by molar-refractivity contribution is 5.96. The fourth-order valence-corrected chi connectivity index (χ4v) is 9.95. The van der Waals surface area contributed by atoms with Gasteiger partial charge in [-0.3, -0.25) is 0 Å². The molecule has 258 valence electrons. The summed E-state index contributed by atoms with van der Waals surface area (Å²) in [7, 11) is 0. The van der Waals surface area contributed by atoms with E-state index in [4.69, 9.17) is 0 Å². The second-order valence-corrected chi connectivity index (χ2v) is 15.8. The minimum absolute atomic E-state index is 0.130. The number of hydrogen-bond donors (Lipinski definition) is 0. The van der Waals surface area contributed by atoms with Gasteiger partial charge in [0, 0.05) is 30.3 Å². The first-order valence-corrected chi connectivity index (χ1v) is 19.1. The molecule has 2 fully saturated rings. The lowest BCUT2D eigenvalue weighted by molar-refractivity contribution is -0.858. The molecule has 6 aromatic carbocycles. The van der Waals surface area contributed by atoms with Gasteiger partial charge in [-0.1, -0.05) is 119 Å². The van der Waals surface area contributed by atoms with Gasteiger partial charge in [0.2, 0.25) is 17.1 Å². The van der Waals surface area contributed by atoms with Gasteiger partial charge in [-0.05, 0) is 106 Å². The second-order valence-electron chi connectivity index (χ2n) is 15.8. The molecule has 2 bridgehead atoms. The van der Waals surface area contributed by atoms with Crippen molar-refractivity contribution in [3.63, 3.8) is 0 Å². The van der Waals surface area contributed by atoms with Gasteiger partial charge in [-0.25, -0.2) is 0 Å². The molecule has 0 amide bonds. The van der Waals surface area contributed by atoms with Crippen LogP contribution in [0.25, 0.3) is 50.1 Å². The lowest BCUT2D eigenvalue weighted by atomic mass is 9.54. The molecule has 4 atom stereocenters. The van der Waals surface area contributed by atoms with Crippen LogP contribution in [0, 0.1) is 29.1 Å². The number of para-hydroxylation sites is 2. The fourth-order valence-electron chi connectivity index (χ4n) is 9.95. The van der Waals surface area contributed by atoms with E-state index in [1.165, 1.54) is 59.6 Å². The quantitative estimate of drug-likeness (QED) is 0.160. The number of aromatic nitrogens is 3. The lowest BCUT2D eigenvalue weighted by Crippen LogP contribution is -2.55. The van der Waals surface area contributed by atoms with Crippen molar-refractivity contribution in [1.82, 2.24) is 0 Å². The van der Waals surface area contributed by atoms with Crippen LogP contribution in [0.15, 0.2) is 159 Å². The Balaban J connectivity index is 1.19. The van der Waals surface area contributed by atoms with Crippen molar-refractivity contribution in [2.45, 2.75) is 51.4 Å². The van der Waals surface area contributed by atoms with Crippen LogP contribution in [-0.2, 0) is 5.41 Å². The first-order chi connectivity index (χ1) is 25.9. The Kier molecular flexibility index (Phi) is 8.43. The maximum Gasteiger partial charge on any atom is 0.428 e. The zero-order valence-corrected chi connectivity index (χ0v) is 30.6. The largest absolute Gasteiger partial charge is 0.428 e. The highest BCUT2D eigenvalue weighted by atomic mass is 15.2. The van der Waals surface area contributed by atoms with Crippen LogP contribution in [0.3, 0.4) is 0 Å². The number of nitriles is 1. The molecule has 0 radical (unpaired) electrons. The molecule has 0 N–H and O–H groups in total. The Morgan fingerprint density at radius 1 is 0.566 bits per heavy atom. The topological polar surface area (TPSA) is 35.4 Å². The Morgan fingerprint density at radius 3 is 2.02 bits per heavy atom. The number of nitrogens with zero attached hydrogens (tertiary/aromatic N) is 4. The molecular weight excluding hydrogens is 645 g/mol. The van der Waals surface area contributed by atoms with Gasteiger partial charge >= 0.3 is 19.0 Å². The van der Waals surface area contributed by atoms with Gasteiger partial charge in [0.1, 0.15) is 0 Å². The molecule has 4 nitrogen and oxygen atoms in total. The van der Waals surface area contributed by atoms with E-state index >= 15 is 0 Å². The second kappa shape index (κ2) is 13.6. The molecule has 7 aromatic rings. The van der Waals surface area contributed by atoms with Gasteiger partial charge in [-0.2, -0.15) is 5.26 Å². The number of hydrogen-bond acceptors (Lipinski definition) is 1. The maximum absolute atomic E-state index is 10.4. The van der Waals surface area contributed by atoms with Crippen LogP contribution in [0.5, 0.6) is 0 Å². The first-order valence-electron chi connectivity index (χ1n) is 19.1. The third-order valence-corrected chi connectivity index (χ3v) is 11.8. The van der Waals surface area contributed by atoms with Gasteiger partial charge in [0.25, 0.3) is 0 Å². The average Bonchev–Trinajstić information content (AvgIpc) is 3.20. The van der Waals surface area contributed by atoms with Gasteiger partial charge in [-0.15, -0.1) is 0 Å². The summed E-state index contributed by atoms with van der Waals surface area (Å²) in [6.45, 7) is 4.87. The van der Waals surface area contributed by atoms with E-state index in [0.717, 1.165) is 39.7 Å². The number of fused-ring (bicyclic) bond motifs is 3. The summed E-state index contributed by atoms with van der Waals surface area (Å²) in [6, 6.07) is 52.3. The van der Waals surface area contributed by atoms with Crippen LogP contribution >= 0.6 is 0 Å². The van der Waals surface area contributed by atoms with Crippen molar-refractivity contribution in [1.29, 1.82) is 5.26 Å². The van der Waals surface area contributed by atoms with Gasteiger partial charge in [0.05, 0.1) is 17.2 Å². The summed E-state index contributed by atoms with van der Waals surface area (Å²) in [5.41, 5.74) is 10.0. The molecule has 1 unspecified atom stereocenters. The minimum atomic E-state index is 0.130. The molecule has 1 aromatic heterocycles. The zero-order chi connectivity index (χ0) is 35.9. The fraction of sp³-hybridized carbons (Fsp3) is 0.224. The van der Waals surface area contributed by atoms with Gasteiger partial charge < -0.3 is 0 Å². The molecule has 53 heavy (non-hydrogen) atoms. The summed E-state index contributed by atoms with van der Waals surface area (Å²) in [6.07, 6.45) is 12.8. The zero-order valence-electron chi connectivity index (χ0n) is 30.6. The van der Waals surface area contributed by atoms with Crippen LogP contribution in [0.2, 0.25) is 0 Å². The van der Waals surface area contributed by atoms with E-state index in [1.807, 2.05) is 0 Å². The van der Waals surface area contributed by atoms with Crippen molar-refractivity contribution >= 4 is 10.8 Å². The van der Waals surface area contributed by atoms with E-state index in [2.05, 4.69) is 192 Å². The average molecular weight is 690 g/mol. The Morgan fingerprint density at radius 2 is 1.21 bits per heavy atom. The molecule has 9 rings (SSSR count). The standard InChI is InChI=1S/C49H45N4/c1-35-22-37-23-36(2)29-49(28-35,30-37)42-25-38(31-50)24-41(26-42)47-19-8-9-21-48(47)53-33-51(43-15-4-3-5-16-43)32-52(34-53)44-17-10-14-40(27-44)46-20-11-13-39-12-6-7-18-45(39)46/h3-21,24-27,32-37H,22-23,28-30H2,1-2H3/q+3/t35-,36+,37-,49?. The summed E-state index contributed by atoms with van der Waals surface area (Å²) >= 11 is 0. The van der Waals surface area contributed by atoms with Gasteiger partial charge in [0.15, 0.2) is 0 Å². The SMILES string of the molecule is C[C@@H]1C[C@@H]2C[C@H](C)CC(c3cc(C#N)cc(-c4ccccc4-[n+]4c[n+](-c5ccccc5)c[n+](-c5cccc(-c6cccc7ccccc67)c5)c4)c3)(C1)C2. The smallest absolute Gasteiger partial charge is 0.192 e. The predicted molar refractivity (Wildman–Crippen MR) is 211 cm³/mol. The van der Waals surface area contributed by atoms with Crippen LogP contribution < -0.4 is 13.7 Å². The lowest BCUT2D eigenvalue weighted by Gasteiger charge is -2.50. The normalized spacial score (nSPS) is 20.9. The maximum atomic E-state index is 10.4. The van der Waals surface area contributed by atoms with E-state index in [1.54, 1.807) is 0 Å². The molecule has 0 spiro atoms. The third kappa shape index (κ3) is 6.31. The highest BCUT2D eigenvalue weighted by Crippen LogP contribution is 2.54. The van der Waals surface area contributed by atoms with Crippen molar-refractivity contribution in [3.05, 3.63) is 170 Å². The number of rotatable bonds is 6. The molecule has 2 saturated carbocycles. The molecular formula is C49H45N4+3. The summed E-state index contributed by atoms with van der Waals surface area (Å²) in [4.78, 5) is 0. The Bertz CT molecular complexity index is 2490. The van der Waals surface area contributed by atoms with Crippen molar-refractivity contribution in [3.8, 4) is 45.4 Å². The Labute approximate surface area is 312 Å². The van der Waals surface area contributed by atoms with Crippen molar-refractivity contribution in [2.75, 3.05) is 0 Å². The molecule has 1 heterocycles. The van der Waals surface area contributed by atoms with E-state index in [-0.39, 0.29) is 5.41 Å². The van der Waals surface area contributed by atoms with Crippen LogP contribution in [0.1, 0.15) is 57.1 Å². The molecule has 2 aliphatic rings. The van der Waals surface area contributed by atoms with E-state index in [0.29, 0.717) is 11.8 Å². The van der Waals surface area contributed by atoms with Crippen LogP contribution in [-0.4, -0.2) is 0 Å². The number of benzene rings is 6.